The van der Waals surface area contributed by atoms with E-state index in [0.29, 0.717) is 25.9 Å². The molecule has 5 heteroatoms. The molecular weight excluding hydrogens is 214 g/mol. The van der Waals surface area contributed by atoms with Crippen molar-refractivity contribution in [2.75, 3.05) is 19.5 Å². The van der Waals surface area contributed by atoms with Crippen LogP contribution >= 0.6 is 0 Å². The van der Waals surface area contributed by atoms with Gasteiger partial charge in [-0.25, -0.2) is 8.42 Å². The standard InChI is InChI=1S/C10H17NO3S/c1-3-15(12,13)9-4-5-10(6-9,7-11)8-14-2/h9H,3-6,8H2,1-2H3/t9-,10-/m0/s1. The van der Waals surface area contributed by atoms with Crippen molar-refractivity contribution in [1.82, 2.24) is 0 Å². The molecule has 1 fully saturated rings. The quantitative estimate of drug-likeness (QED) is 0.727. The van der Waals surface area contributed by atoms with E-state index in [1.54, 1.807) is 14.0 Å². The third-order valence-corrected chi connectivity index (χ3v) is 5.35. The number of ether oxygens (including phenoxy) is 1. The van der Waals surface area contributed by atoms with E-state index in [1.165, 1.54) is 0 Å². The third-order valence-electron chi connectivity index (χ3n) is 3.13. The summed E-state index contributed by atoms with van der Waals surface area (Å²) in [6.45, 7) is 1.98. The summed E-state index contributed by atoms with van der Waals surface area (Å²) in [5.74, 6) is 0.159. The summed E-state index contributed by atoms with van der Waals surface area (Å²) >= 11 is 0. The smallest absolute Gasteiger partial charge is 0.152 e. The average Bonchev–Trinajstić information content (AvgIpc) is 2.64. The van der Waals surface area contributed by atoms with Gasteiger partial charge in [-0.1, -0.05) is 6.92 Å². The number of nitrogens with zero attached hydrogens (tertiary/aromatic N) is 1. The molecule has 1 aliphatic rings. The van der Waals surface area contributed by atoms with Gasteiger partial charge in [-0.3, -0.25) is 0 Å². The van der Waals surface area contributed by atoms with Crippen LogP contribution < -0.4 is 0 Å². The minimum absolute atomic E-state index is 0.159. The molecule has 0 unspecified atom stereocenters. The molecule has 4 nitrogen and oxygen atoms in total. The van der Waals surface area contributed by atoms with Gasteiger partial charge in [0.15, 0.2) is 9.84 Å². The van der Waals surface area contributed by atoms with Crippen molar-refractivity contribution in [2.24, 2.45) is 5.41 Å². The molecule has 2 atom stereocenters. The number of nitriles is 1. The molecule has 0 N–H and O–H groups in total. The molecule has 15 heavy (non-hydrogen) atoms. The van der Waals surface area contributed by atoms with Gasteiger partial charge in [0.05, 0.1) is 23.3 Å². The fraction of sp³-hybridized carbons (Fsp3) is 0.900. The zero-order valence-electron chi connectivity index (χ0n) is 9.19. The van der Waals surface area contributed by atoms with Gasteiger partial charge in [0.1, 0.15) is 0 Å². The molecule has 0 amide bonds. The average molecular weight is 231 g/mol. The maximum Gasteiger partial charge on any atom is 0.152 e. The molecular formula is C10H17NO3S. The fourth-order valence-corrected chi connectivity index (χ4v) is 3.68. The first-order valence-electron chi connectivity index (χ1n) is 5.11. The number of hydrogen-bond donors (Lipinski definition) is 0. The Bertz CT molecular complexity index is 357. The first kappa shape index (κ1) is 12.5. The Hall–Kier alpha value is -0.600. The van der Waals surface area contributed by atoms with Crippen LogP contribution in [-0.4, -0.2) is 33.1 Å². The van der Waals surface area contributed by atoms with Crippen molar-refractivity contribution in [1.29, 1.82) is 5.26 Å². The lowest BCUT2D eigenvalue weighted by Gasteiger charge is -2.19. The highest BCUT2D eigenvalue weighted by atomic mass is 32.2. The van der Waals surface area contributed by atoms with E-state index < -0.39 is 15.3 Å². The van der Waals surface area contributed by atoms with Crippen molar-refractivity contribution in [3.63, 3.8) is 0 Å². The fourth-order valence-electron chi connectivity index (χ4n) is 2.16. The molecule has 0 bridgehead atoms. The molecule has 1 rings (SSSR count). The molecule has 0 heterocycles. The van der Waals surface area contributed by atoms with Gasteiger partial charge in [-0.15, -0.1) is 0 Å². The lowest BCUT2D eigenvalue weighted by atomic mass is 9.89. The zero-order valence-corrected chi connectivity index (χ0v) is 10.0. The molecule has 1 saturated carbocycles. The van der Waals surface area contributed by atoms with Gasteiger partial charge < -0.3 is 4.74 Å². The number of sulfone groups is 1. The predicted octanol–water partition coefficient (Wildman–Crippen LogP) is 1.13. The van der Waals surface area contributed by atoms with Gasteiger partial charge in [0, 0.05) is 12.9 Å². The van der Waals surface area contributed by atoms with Crippen LogP contribution in [0.5, 0.6) is 0 Å². The lowest BCUT2D eigenvalue weighted by Crippen LogP contribution is -2.25. The van der Waals surface area contributed by atoms with Crippen LogP contribution in [0.15, 0.2) is 0 Å². The van der Waals surface area contributed by atoms with Gasteiger partial charge in [0.25, 0.3) is 0 Å². The van der Waals surface area contributed by atoms with Gasteiger partial charge in [-0.2, -0.15) is 5.26 Å². The Balaban J connectivity index is 2.78. The van der Waals surface area contributed by atoms with Gasteiger partial charge in [-0.05, 0) is 19.3 Å². The third kappa shape index (κ3) is 2.50. The van der Waals surface area contributed by atoms with Gasteiger partial charge >= 0.3 is 0 Å². The van der Waals surface area contributed by atoms with Crippen molar-refractivity contribution < 1.29 is 13.2 Å². The Morgan fingerprint density at radius 3 is 2.73 bits per heavy atom. The Kier molecular flexibility index (Phi) is 3.74. The molecule has 0 aliphatic heterocycles. The zero-order chi connectivity index (χ0) is 11.5. The topological polar surface area (TPSA) is 67.2 Å². The molecule has 0 radical (unpaired) electrons. The van der Waals surface area contributed by atoms with Crippen molar-refractivity contribution in [2.45, 2.75) is 31.4 Å². The second kappa shape index (κ2) is 4.50. The van der Waals surface area contributed by atoms with Crippen molar-refractivity contribution >= 4 is 9.84 Å². The highest BCUT2D eigenvalue weighted by Crippen LogP contribution is 2.41. The van der Waals surface area contributed by atoms with Gasteiger partial charge in [0.2, 0.25) is 0 Å². The van der Waals surface area contributed by atoms with Crippen LogP contribution in [0.25, 0.3) is 0 Å². The largest absolute Gasteiger partial charge is 0.383 e. The SMILES string of the molecule is CCS(=O)(=O)[C@H]1CC[C@](C#N)(COC)C1. The van der Waals surface area contributed by atoms with E-state index in [4.69, 9.17) is 10.00 Å². The summed E-state index contributed by atoms with van der Waals surface area (Å²) in [7, 11) is -1.46. The number of hydrogen-bond acceptors (Lipinski definition) is 4. The van der Waals surface area contributed by atoms with Crippen molar-refractivity contribution in [3.8, 4) is 6.07 Å². The second-order valence-corrected chi connectivity index (χ2v) is 6.71. The molecule has 0 aromatic rings. The molecule has 86 valence electrons. The highest BCUT2D eigenvalue weighted by Gasteiger charge is 2.44. The molecule has 0 aromatic heterocycles. The molecule has 0 spiro atoms. The maximum absolute atomic E-state index is 11.7. The summed E-state index contributed by atoms with van der Waals surface area (Å²) in [6.07, 6.45) is 1.64. The maximum atomic E-state index is 11.7. The Labute approximate surface area is 91.1 Å². The summed E-state index contributed by atoms with van der Waals surface area (Å²) in [6, 6.07) is 2.22. The van der Waals surface area contributed by atoms with Crippen LogP contribution in [0.4, 0.5) is 0 Å². The number of rotatable bonds is 4. The lowest BCUT2D eigenvalue weighted by molar-refractivity contribution is 0.120. The minimum Gasteiger partial charge on any atom is -0.383 e. The predicted molar refractivity (Wildman–Crippen MR) is 57.0 cm³/mol. The minimum atomic E-state index is -3.00. The van der Waals surface area contributed by atoms with E-state index in [-0.39, 0.29) is 11.0 Å². The molecule has 0 saturated heterocycles. The van der Waals surface area contributed by atoms with E-state index >= 15 is 0 Å². The Morgan fingerprint density at radius 1 is 1.60 bits per heavy atom. The van der Waals surface area contributed by atoms with E-state index in [0.717, 1.165) is 0 Å². The molecule has 0 aromatic carbocycles. The summed E-state index contributed by atoms with van der Waals surface area (Å²) in [5.41, 5.74) is -0.582. The van der Waals surface area contributed by atoms with Crippen LogP contribution in [0.1, 0.15) is 26.2 Å². The first-order chi connectivity index (χ1) is 6.99. The monoisotopic (exact) mass is 231 g/mol. The molecule has 1 aliphatic carbocycles. The number of methoxy groups -OCH3 is 1. The second-order valence-electron chi connectivity index (χ2n) is 4.14. The van der Waals surface area contributed by atoms with E-state index in [1.807, 2.05) is 0 Å². The first-order valence-corrected chi connectivity index (χ1v) is 6.83. The Morgan fingerprint density at radius 2 is 2.27 bits per heavy atom. The van der Waals surface area contributed by atoms with Crippen molar-refractivity contribution in [3.05, 3.63) is 0 Å². The normalized spacial score (nSPS) is 31.4. The van der Waals surface area contributed by atoms with Crippen LogP contribution in [-0.2, 0) is 14.6 Å². The van der Waals surface area contributed by atoms with Crippen LogP contribution in [0.2, 0.25) is 0 Å². The summed E-state index contributed by atoms with van der Waals surface area (Å²) in [5, 5.41) is 8.73. The van der Waals surface area contributed by atoms with E-state index in [2.05, 4.69) is 6.07 Å². The summed E-state index contributed by atoms with van der Waals surface area (Å²) in [4.78, 5) is 0. The summed E-state index contributed by atoms with van der Waals surface area (Å²) < 4.78 is 28.3. The van der Waals surface area contributed by atoms with Crippen LogP contribution in [0, 0.1) is 16.7 Å². The highest BCUT2D eigenvalue weighted by molar-refractivity contribution is 7.92. The van der Waals surface area contributed by atoms with Crippen LogP contribution in [0.3, 0.4) is 0 Å². The van der Waals surface area contributed by atoms with E-state index in [9.17, 15) is 8.42 Å².